The summed E-state index contributed by atoms with van der Waals surface area (Å²) in [6, 6.07) is 11.8. The van der Waals surface area contributed by atoms with Gasteiger partial charge in [-0.15, -0.1) is 0 Å². The van der Waals surface area contributed by atoms with Gasteiger partial charge >= 0.3 is 0 Å². The number of ether oxygens (including phenoxy) is 1. The second-order valence-electron chi connectivity index (χ2n) is 8.13. The van der Waals surface area contributed by atoms with E-state index in [9.17, 15) is 9.18 Å². The van der Waals surface area contributed by atoms with E-state index < -0.39 is 0 Å². The van der Waals surface area contributed by atoms with Crippen LogP contribution in [0.2, 0.25) is 0 Å². The maximum Gasteiger partial charge on any atom is 0.260 e. The number of nitrogens with zero attached hydrogens (tertiary/aromatic N) is 4. The molecule has 1 aliphatic heterocycles. The number of benzene rings is 1. The number of rotatable bonds is 6. The molecule has 0 aliphatic carbocycles. The highest BCUT2D eigenvalue weighted by Crippen LogP contribution is 2.28. The lowest BCUT2D eigenvalue weighted by Crippen LogP contribution is -2.40. The lowest BCUT2D eigenvalue weighted by atomic mass is 9.93. The van der Waals surface area contributed by atoms with E-state index in [0.29, 0.717) is 30.7 Å². The molecule has 7 heteroatoms. The van der Waals surface area contributed by atoms with E-state index in [0.717, 1.165) is 30.2 Å². The van der Waals surface area contributed by atoms with Crippen molar-refractivity contribution >= 4 is 5.91 Å². The minimum atomic E-state index is -0.327. The minimum absolute atomic E-state index is 0.0390. The first-order chi connectivity index (χ1) is 15.0. The predicted octanol–water partition coefficient (Wildman–Crippen LogP) is 4.31. The number of amides is 1. The summed E-state index contributed by atoms with van der Waals surface area (Å²) in [5, 5.41) is 0. The first-order valence-corrected chi connectivity index (χ1v) is 10.7. The van der Waals surface area contributed by atoms with Crippen molar-refractivity contribution in [2.45, 2.75) is 38.5 Å². The van der Waals surface area contributed by atoms with Gasteiger partial charge in [0.15, 0.2) is 6.61 Å². The van der Waals surface area contributed by atoms with Crippen molar-refractivity contribution in [3.63, 3.8) is 0 Å². The monoisotopic (exact) mass is 422 g/mol. The van der Waals surface area contributed by atoms with Crippen molar-refractivity contribution in [1.82, 2.24) is 19.4 Å². The van der Waals surface area contributed by atoms with Crippen molar-refractivity contribution in [2.24, 2.45) is 0 Å². The highest BCUT2D eigenvalue weighted by Gasteiger charge is 2.25. The summed E-state index contributed by atoms with van der Waals surface area (Å²) in [6.07, 6.45) is 5.48. The Kier molecular flexibility index (Phi) is 6.30. The Morgan fingerprint density at radius 2 is 1.90 bits per heavy atom. The molecule has 0 spiro atoms. The van der Waals surface area contributed by atoms with Crippen LogP contribution in [0.1, 0.15) is 50.0 Å². The third kappa shape index (κ3) is 4.93. The molecule has 1 aliphatic rings. The van der Waals surface area contributed by atoms with Crippen LogP contribution in [0.25, 0.3) is 5.82 Å². The molecule has 0 unspecified atom stereocenters. The van der Waals surface area contributed by atoms with Gasteiger partial charge in [0.05, 0.1) is 0 Å². The summed E-state index contributed by atoms with van der Waals surface area (Å²) in [5.74, 6) is 2.61. The van der Waals surface area contributed by atoms with Crippen LogP contribution in [0, 0.1) is 5.82 Å². The fourth-order valence-electron chi connectivity index (χ4n) is 3.93. The zero-order chi connectivity index (χ0) is 21.8. The smallest absolute Gasteiger partial charge is 0.260 e. The molecule has 4 rings (SSSR count). The summed E-state index contributed by atoms with van der Waals surface area (Å²) >= 11 is 0. The molecule has 31 heavy (non-hydrogen) atoms. The lowest BCUT2D eigenvalue weighted by molar-refractivity contribution is -0.134. The largest absolute Gasteiger partial charge is 0.484 e. The first-order valence-electron chi connectivity index (χ1n) is 10.7. The maximum atomic E-state index is 13.0. The molecule has 162 valence electrons. The number of carbonyl (C=O) groups is 1. The maximum absolute atomic E-state index is 13.0. The Hall–Kier alpha value is -3.22. The third-order valence-corrected chi connectivity index (χ3v) is 5.63. The molecule has 1 amide bonds. The Bertz CT molecular complexity index is 1020. The molecule has 1 fully saturated rings. The van der Waals surface area contributed by atoms with Crippen LogP contribution in [-0.2, 0) is 4.79 Å². The van der Waals surface area contributed by atoms with E-state index in [4.69, 9.17) is 9.72 Å². The zero-order valence-corrected chi connectivity index (χ0v) is 17.9. The third-order valence-electron chi connectivity index (χ3n) is 5.63. The van der Waals surface area contributed by atoms with E-state index in [1.165, 1.54) is 24.3 Å². The van der Waals surface area contributed by atoms with Gasteiger partial charge in [0.25, 0.3) is 5.91 Å². The molecule has 2 aromatic heterocycles. The standard InChI is InChI=1S/C24H27FN4O2/c1-17(2)24-26-12-15-29(24)22-5-3-4-21(27-22)18-10-13-28(14-11-18)23(30)16-31-20-8-6-19(25)7-9-20/h3-9,12,15,17-18H,10-11,13-14,16H2,1-2H3. The predicted molar refractivity (Wildman–Crippen MR) is 116 cm³/mol. The number of aromatic nitrogens is 3. The molecule has 1 aromatic carbocycles. The normalized spacial score (nSPS) is 14.8. The van der Waals surface area contributed by atoms with Crippen LogP contribution >= 0.6 is 0 Å². The van der Waals surface area contributed by atoms with E-state index in [1.807, 2.05) is 34.0 Å². The number of piperidine rings is 1. The van der Waals surface area contributed by atoms with Crippen LogP contribution in [-0.4, -0.2) is 45.0 Å². The minimum Gasteiger partial charge on any atom is -0.484 e. The van der Waals surface area contributed by atoms with Gasteiger partial charge in [-0.05, 0) is 49.2 Å². The highest BCUT2D eigenvalue weighted by atomic mass is 19.1. The van der Waals surface area contributed by atoms with Crippen molar-refractivity contribution < 1.29 is 13.9 Å². The molecular weight excluding hydrogens is 395 g/mol. The Labute approximate surface area is 181 Å². The molecule has 0 bridgehead atoms. The van der Waals surface area contributed by atoms with Crippen LogP contribution in [0.15, 0.2) is 54.9 Å². The van der Waals surface area contributed by atoms with Crippen LogP contribution in [0.3, 0.4) is 0 Å². The summed E-state index contributed by atoms with van der Waals surface area (Å²) < 4.78 is 20.5. The Morgan fingerprint density at radius 3 is 2.61 bits per heavy atom. The van der Waals surface area contributed by atoms with Gasteiger partial charge in [-0.2, -0.15) is 0 Å². The number of carbonyl (C=O) groups excluding carboxylic acids is 1. The van der Waals surface area contributed by atoms with E-state index >= 15 is 0 Å². The zero-order valence-electron chi connectivity index (χ0n) is 17.9. The van der Waals surface area contributed by atoms with Crippen molar-refractivity contribution in [2.75, 3.05) is 19.7 Å². The van der Waals surface area contributed by atoms with E-state index in [1.54, 1.807) is 0 Å². The lowest BCUT2D eigenvalue weighted by Gasteiger charge is -2.31. The second kappa shape index (κ2) is 9.29. The molecule has 3 heterocycles. The Balaban J connectivity index is 1.35. The molecule has 0 radical (unpaired) electrons. The van der Waals surface area contributed by atoms with Gasteiger partial charge < -0.3 is 9.64 Å². The number of imidazole rings is 1. The molecule has 0 atom stereocenters. The summed E-state index contributed by atoms with van der Waals surface area (Å²) in [6.45, 7) is 5.54. The fourth-order valence-corrected chi connectivity index (χ4v) is 3.93. The molecule has 6 nitrogen and oxygen atoms in total. The summed E-state index contributed by atoms with van der Waals surface area (Å²) in [5.41, 5.74) is 1.05. The SMILES string of the molecule is CC(C)c1nccn1-c1cccc(C2CCN(C(=O)COc3ccc(F)cc3)CC2)n1. The summed E-state index contributed by atoms with van der Waals surface area (Å²) in [7, 11) is 0. The topological polar surface area (TPSA) is 60.2 Å². The van der Waals surface area contributed by atoms with Crippen molar-refractivity contribution in [3.05, 3.63) is 72.2 Å². The molecule has 0 saturated carbocycles. The quantitative estimate of drug-likeness (QED) is 0.594. The number of likely N-dealkylation sites (tertiary alicyclic amines) is 1. The molecular formula is C24H27FN4O2. The fraction of sp³-hybridized carbons (Fsp3) is 0.375. The number of halogens is 1. The van der Waals surface area contributed by atoms with Gasteiger partial charge in [0.1, 0.15) is 23.2 Å². The summed E-state index contributed by atoms with van der Waals surface area (Å²) in [4.78, 5) is 23.7. The van der Waals surface area contributed by atoms with Gasteiger partial charge in [0.2, 0.25) is 0 Å². The van der Waals surface area contributed by atoms with Gasteiger partial charge in [-0.1, -0.05) is 19.9 Å². The van der Waals surface area contributed by atoms with E-state index in [-0.39, 0.29) is 18.3 Å². The van der Waals surface area contributed by atoms with Crippen molar-refractivity contribution in [3.8, 4) is 11.6 Å². The first kappa shape index (κ1) is 21.0. The van der Waals surface area contributed by atoms with Gasteiger partial charge in [0, 0.05) is 43.0 Å². The average molecular weight is 423 g/mol. The molecule has 0 N–H and O–H groups in total. The van der Waals surface area contributed by atoms with Gasteiger partial charge in [-0.25, -0.2) is 14.4 Å². The van der Waals surface area contributed by atoms with Crippen LogP contribution in [0.5, 0.6) is 5.75 Å². The molecule has 3 aromatic rings. The number of hydrogen-bond donors (Lipinski definition) is 0. The second-order valence-corrected chi connectivity index (χ2v) is 8.13. The highest BCUT2D eigenvalue weighted by molar-refractivity contribution is 5.77. The number of pyridine rings is 1. The van der Waals surface area contributed by atoms with E-state index in [2.05, 4.69) is 24.9 Å². The van der Waals surface area contributed by atoms with Crippen LogP contribution < -0.4 is 4.74 Å². The van der Waals surface area contributed by atoms with Crippen LogP contribution in [0.4, 0.5) is 4.39 Å². The average Bonchev–Trinajstić information content (AvgIpc) is 3.29. The molecule has 1 saturated heterocycles. The Morgan fingerprint density at radius 1 is 1.16 bits per heavy atom. The van der Waals surface area contributed by atoms with Crippen molar-refractivity contribution in [1.29, 1.82) is 0 Å². The van der Waals surface area contributed by atoms with Gasteiger partial charge in [-0.3, -0.25) is 9.36 Å². The number of hydrogen-bond acceptors (Lipinski definition) is 4.